The third kappa shape index (κ3) is 4.28. The third-order valence-corrected chi connectivity index (χ3v) is 6.38. The lowest BCUT2D eigenvalue weighted by atomic mass is 10.1. The van der Waals surface area contributed by atoms with E-state index in [1.165, 1.54) is 6.92 Å². The van der Waals surface area contributed by atoms with Crippen LogP contribution in [0, 0.1) is 0 Å². The summed E-state index contributed by atoms with van der Waals surface area (Å²) in [5, 5.41) is 0.674. The first kappa shape index (κ1) is 23.5. The van der Waals surface area contributed by atoms with E-state index in [0.29, 0.717) is 77.4 Å². The molecular weight excluding hydrogens is 466 g/mol. The molecule has 1 atom stereocenters. The second-order valence-corrected chi connectivity index (χ2v) is 8.58. The van der Waals surface area contributed by atoms with Gasteiger partial charge in [-0.2, -0.15) is 4.98 Å². The molecule has 0 radical (unpaired) electrons. The Hall–Kier alpha value is -4.28. The predicted octanol–water partition coefficient (Wildman–Crippen LogP) is 1.92. The standard InChI is InChI=1S/C25H27N5O6/c1-14(31)15-4-5-18-21(10-15)36-22(13-35-18)24(32)29-6-8-30(9-7-29)25-27-17-12-20(34-3)19(33-2)11-16(17)23(26)28-25/h4-5,10-12,22H,6-9,13H2,1-3H3,(H2,26,27,28). The van der Waals surface area contributed by atoms with Crippen molar-refractivity contribution < 1.29 is 28.5 Å². The van der Waals surface area contributed by atoms with Gasteiger partial charge in [0.15, 0.2) is 28.8 Å². The number of piperazine rings is 1. The molecule has 2 aliphatic heterocycles. The molecule has 0 aliphatic carbocycles. The van der Waals surface area contributed by atoms with Crippen molar-refractivity contribution in [3.63, 3.8) is 0 Å². The summed E-state index contributed by atoms with van der Waals surface area (Å²) in [5.41, 5.74) is 7.38. The van der Waals surface area contributed by atoms with Gasteiger partial charge in [0.2, 0.25) is 12.1 Å². The number of Topliss-reactive ketones (excluding diaryl/α,β-unsaturated/α-hetero) is 1. The van der Waals surface area contributed by atoms with Crippen molar-refractivity contribution in [2.75, 3.05) is 57.6 Å². The number of anilines is 2. The zero-order chi connectivity index (χ0) is 25.4. The first-order chi connectivity index (χ1) is 17.4. The number of fused-ring (bicyclic) bond motifs is 2. The summed E-state index contributed by atoms with van der Waals surface area (Å²) in [7, 11) is 3.12. The molecule has 2 aliphatic rings. The molecule has 188 valence electrons. The number of aromatic nitrogens is 2. The van der Waals surface area contributed by atoms with Gasteiger partial charge in [0.25, 0.3) is 5.91 Å². The van der Waals surface area contributed by atoms with Gasteiger partial charge in [0.1, 0.15) is 12.4 Å². The van der Waals surface area contributed by atoms with Gasteiger partial charge in [-0.25, -0.2) is 4.98 Å². The number of nitrogens with two attached hydrogens (primary N) is 1. The summed E-state index contributed by atoms with van der Waals surface area (Å²) >= 11 is 0. The first-order valence-electron chi connectivity index (χ1n) is 11.6. The summed E-state index contributed by atoms with van der Waals surface area (Å²) in [6.45, 7) is 3.58. The summed E-state index contributed by atoms with van der Waals surface area (Å²) in [4.78, 5) is 37.7. The fraction of sp³-hybridized carbons (Fsp3) is 0.360. The second kappa shape index (κ2) is 9.40. The van der Waals surface area contributed by atoms with E-state index < -0.39 is 6.10 Å². The van der Waals surface area contributed by atoms with Gasteiger partial charge in [0, 0.05) is 43.2 Å². The van der Waals surface area contributed by atoms with Crippen LogP contribution in [0.3, 0.4) is 0 Å². The Bertz CT molecular complexity index is 1340. The van der Waals surface area contributed by atoms with Crippen molar-refractivity contribution in [3.05, 3.63) is 35.9 Å². The van der Waals surface area contributed by atoms with E-state index in [4.69, 9.17) is 24.7 Å². The minimum Gasteiger partial charge on any atom is -0.493 e. The average molecular weight is 494 g/mol. The molecule has 2 N–H and O–H groups in total. The SMILES string of the molecule is COc1cc2nc(N3CCN(C(=O)C4COc5ccc(C(C)=O)cc5O4)CC3)nc(N)c2cc1OC. The number of ketones is 1. The number of rotatable bonds is 5. The maximum atomic E-state index is 13.1. The van der Waals surface area contributed by atoms with Crippen LogP contribution in [0.2, 0.25) is 0 Å². The summed E-state index contributed by atoms with van der Waals surface area (Å²) in [6, 6.07) is 8.51. The zero-order valence-electron chi connectivity index (χ0n) is 20.3. The van der Waals surface area contributed by atoms with E-state index >= 15 is 0 Å². The van der Waals surface area contributed by atoms with Gasteiger partial charge in [-0.3, -0.25) is 9.59 Å². The van der Waals surface area contributed by atoms with Crippen molar-refractivity contribution in [2.24, 2.45) is 0 Å². The van der Waals surface area contributed by atoms with Gasteiger partial charge in [-0.1, -0.05) is 0 Å². The molecule has 3 aromatic rings. The molecule has 11 nitrogen and oxygen atoms in total. The monoisotopic (exact) mass is 493 g/mol. The normalized spacial score (nSPS) is 17.1. The summed E-state index contributed by atoms with van der Waals surface area (Å²) in [6.07, 6.45) is -0.777. The van der Waals surface area contributed by atoms with Crippen LogP contribution in [0.25, 0.3) is 10.9 Å². The molecule has 0 bridgehead atoms. The molecule has 3 heterocycles. The van der Waals surface area contributed by atoms with Crippen molar-refractivity contribution in [2.45, 2.75) is 13.0 Å². The Kier molecular flexibility index (Phi) is 6.13. The fourth-order valence-corrected chi connectivity index (χ4v) is 4.35. The molecule has 36 heavy (non-hydrogen) atoms. The molecule has 1 fully saturated rings. The number of nitrogen functional groups attached to an aromatic ring is 1. The molecule has 2 aromatic carbocycles. The van der Waals surface area contributed by atoms with Crippen LogP contribution in [0.4, 0.5) is 11.8 Å². The fourth-order valence-electron chi connectivity index (χ4n) is 4.35. The van der Waals surface area contributed by atoms with Crippen LogP contribution >= 0.6 is 0 Å². The van der Waals surface area contributed by atoms with Gasteiger partial charge >= 0.3 is 0 Å². The summed E-state index contributed by atoms with van der Waals surface area (Å²) < 4.78 is 22.4. The molecule has 1 amide bonds. The van der Waals surface area contributed by atoms with Gasteiger partial charge in [-0.15, -0.1) is 0 Å². The highest BCUT2D eigenvalue weighted by atomic mass is 16.6. The van der Waals surface area contributed by atoms with Crippen LogP contribution in [0.5, 0.6) is 23.0 Å². The second-order valence-electron chi connectivity index (χ2n) is 8.58. The Morgan fingerprint density at radius 1 is 1.00 bits per heavy atom. The van der Waals surface area contributed by atoms with E-state index in [1.54, 1.807) is 49.5 Å². The molecule has 0 spiro atoms. The Morgan fingerprint density at radius 3 is 2.42 bits per heavy atom. The number of amides is 1. The van der Waals surface area contributed by atoms with E-state index in [-0.39, 0.29) is 18.3 Å². The van der Waals surface area contributed by atoms with Crippen LogP contribution in [0.15, 0.2) is 30.3 Å². The van der Waals surface area contributed by atoms with Gasteiger partial charge < -0.3 is 34.5 Å². The van der Waals surface area contributed by atoms with Crippen molar-refractivity contribution in [1.82, 2.24) is 14.9 Å². The first-order valence-corrected chi connectivity index (χ1v) is 11.6. The molecule has 1 saturated heterocycles. The van der Waals surface area contributed by atoms with E-state index in [0.717, 1.165) is 0 Å². The lowest BCUT2D eigenvalue weighted by Gasteiger charge is -2.37. The Morgan fingerprint density at radius 2 is 1.72 bits per heavy atom. The van der Waals surface area contributed by atoms with E-state index in [2.05, 4.69) is 9.97 Å². The topological polar surface area (TPSA) is 129 Å². The number of hydrogen-bond acceptors (Lipinski definition) is 10. The van der Waals surface area contributed by atoms with E-state index in [1.807, 2.05) is 4.90 Å². The molecular formula is C25H27N5O6. The number of carbonyl (C=O) groups is 2. The maximum absolute atomic E-state index is 13.1. The summed E-state index contributed by atoms with van der Waals surface area (Å²) in [5.74, 6) is 2.61. The predicted molar refractivity (Wildman–Crippen MR) is 132 cm³/mol. The highest BCUT2D eigenvalue weighted by molar-refractivity contribution is 5.95. The van der Waals surface area contributed by atoms with E-state index in [9.17, 15) is 9.59 Å². The van der Waals surface area contributed by atoms with Crippen molar-refractivity contribution >= 4 is 34.4 Å². The average Bonchev–Trinajstić information content (AvgIpc) is 2.91. The van der Waals surface area contributed by atoms with Crippen molar-refractivity contribution in [3.8, 4) is 23.0 Å². The molecule has 1 aromatic heterocycles. The Labute approximate surface area is 207 Å². The van der Waals surface area contributed by atoms with Gasteiger partial charge in [-0.05, 0) is 31.2 Å². The molecule has 1 unspecified atom stereocenters. The van der Waals surface area contributed by atoms with Gasteiger partial charge in [0.05, 0.1) is 19.7 Å². The van der Waals surface area contributed by atoms with Crippen molar-refractivity contribution in [1.29, 1.82) is 0 Å². The Balaban J connectivity index is 1.27. The van der Waals surface area contributed by atoms with Crippen LogP contribution < -0.4 is 29.6 Å². The van der Waals surface area contributed by atoms with Crippen LogP contribution in [-0.4, -0.2) is 79.7 Å². The van der Waals surface area contributed by atoms with Crippen LogP contribution in [0.1, 0.15) is 17.3 Å². The quantitative estimate of drug-likeness (QED) is 0.526. The lowest BCUT2D eigenvalue weighted by Crippen LogP contribution is -2.54. The van der Waals surface area contributed by atoms with Crippen LogP contribution in [-0.2, 0) is 4.79 Å². The minimum atomic E-state index is -0.777. The number of methoxy groups -OCH3 is 2. The minimum absolute atomic E-state index is 0.0832. The lowest BCUT2D eigenvalue weighted by molar-refractivity contribution is -0.141. The highest BCUT2D eigenvalue weighted by Gasteiger charge is 2.33. The highest BCUT2D eigenvalue weighted by Crippen LogP contribution is 2.35. The zero-order valence-corrected chi connectivity index (χ0v) is 20.3. The largest absolute Gasteiger partial charge is 0.493 e. The number of hydrogen-bond donors (Lipinski definition) is 1. The molecule has 0 saturated carbocycles. The third-order valence-electron chi connectivity index (χ3n) is 6.38. The molecule has 5 rings (SSSR count). The smallest absolute Gasteiger partial charge is 0.267 e. The maximum Gasteiger partial charge on any atom is 0.267 e. The number of carbonyl (C=O) groups excluding carboxylic acids is 2. The number of ether oxygens (including phenoxy) is 4. The number of benzene rings is 2. The number of nitrogens with zero attached hydrogens (tertiary/aromatic N) is 4. The molecule has 11 heteroatoms.